The molecular formula is C20H40N8O4. The molecule has 0 aromatic rings. The van der Waals surface area contributed by atoms with Crippen LogP contribution >= 0.6 is 0 Å². The van der Waals surface area contributed by atoms with Crippen molar-refractivity contribution in [3.8, 4) is 0 Å². The minimum Gasteiger partial charge on any atom is -0.370 e. The third-order valence-corrected chi connectivity index (χ3v) is 4.95. The van der Waals surface area contributed by atoms with Crippen LogP contribution in [0.5, 0.6) is 0 Å². The summed E-state index contributed by atoms with van der Waals surface area (Å²) in [7, 11) is 0. The fourth-order valence-corrected chi connectivity index (χ4v) is 2.81. The minimum absolute atomic E-state index is 0.0428. The molecular weight excluding hydrogens is 416 g/mol. The van der Waals surface area contributed by atoms with Crippen molar-refractivity contribution < 1.29 is 19.2 Å². The van der Waals surface area contributed by atoms with Crippen LogP contribution in [0.3, 0.4) is 0 Å². The van der Waals surface area contributed by atoms with Gasteiger partial charge in [0.05, 0.1) is 12.6 Å². The molecule has 0 aliphatic carbocycles. The van der Waals surface area contributed by atoms with Crippen molar-refractivity contribution >= 4 is 29.6 Å². The lowest BCUT2D eigenvalue weighted by Gasteiger charge is -2.23. The van der Waals surface area contributed by atoms with Crippen LogP contribution in [-0.2, 0) is 19.2 Å². The number of carbonyl (C=O) groups excluding carboxylic acids is 4. The molecule has 0 unspecified atom stereocenters. The molecule has 0 saturated heterocycles. The Morgan fingerprint density at radius 2 is 1.56 bits per heavy atom. The van der Waals surface area contributed by atoms with Crippen molar-refractivity contribution in [2.24, 2.45) is 39.8 Å². The van der Waals surface area contributed by atoms with Crippen LogP contribution < -0.4 is 38.9 Å². The molecule has 32 heavy (non-hydrogen) atoms. The smallest absolute Gasteiger partial charge is 0.243 e. The number of rotatable bonds is 15. The highest BCUT2D eigenvalue weighted by Gasteiger charge is 2.26. The van der Waals surface area contributed by atoms with E-state index in [-0.39, 0.29) is 37.3 Å². The van der Waals surface area contributed by atoms with Crippen molar-refractivity contribution in [2.75, 3.05) is 13.1 Å². The molecule has 4 atom stereocenters. The van der Waals surface area contributed by atoms with Crippen molar-refractivity contribution in [3.05, 3.63) is 0 Å². The minimum atomic E-state index is -0.967. The van der Waals surface area contributed by atoms with Gasteiger partial charge < -0.3 is 38.9 Å². The Morgan fingerprint density at radius 3 is 2.06 bits per heavy atom. The molecule has 0 saturated carbocycles. The van der Waals surface area contributed by atoms with Crippen LogP contribution in [0, 0.1) is 11.8 Å². The Balaban J connectivity index is 5.08. The fraction of sp³-hybridized carbons (Fsp3) is 0.750. The monoisotopic (exact) mass is 456 g/mol. The third kappa shape index (κ3) is 12.1. The summed E-state index contributed by atoms with van der Waals surface area (Å²) in [6.45, 7) is 7.45. The normalized spacial score (nSPS) is 14.6. The van der Waals surface area contributed by atoms with Gasteiger partial charge in [-0.25, -0.2) is 0 Å². The number of amides is 4. The molecule has 0 spiro atoms. The largest absolute Gasteiger partial charge is 0.370 e. The number of carbonyl (C=O) groups is 4. The van der Waals surface area contributed by atoms with E-state index in [2.05, 4.69) is 20.9 Å². The van der Waals surface area contributed by atoms with Gasteiger partial charge in [-0.3, -0.25) is 24.2 Å². The van der Waals surface area contributed by atoms with Gasteiger partial charge in [0.25, 0.3) is 0 Å². The number of primary amides is 1. The Labute approximate surface area is 189 Å². The quantitative estimate of drug-likeness (QED) is 0.0835. The molecule has 0 radical (unpaired) electrons. The summed E-state index contributed by atoms with van der Waals surface area (Å²) in [6.07, 6.45) is 1.68. The molecule has 4 amide bonds. The predicted molar refractivity (Wildman–Crippen MR) is 123 cm³/mol. The molecule has 0 heterocycles. The standard InChI is InChI=1S/C20H40N8O4/c1-5-12(4)16(21)19(32)26-10-15(29)27-13(7-6-8-25-20(23)24)18(31)28-14(17(22)30)9-11(2)3/h11-14,16H,5-10,21H2,1-4H3,(H2,22,30)(H,26,32)(H,27,29)(H,28,31)(H4,23,24,25)/t12-,13-,14-,16-/m0/s1. The first-order valence-corrected chi connectivity index (χ1v) is 10.9. The van der Waals surface area contributed by atoms with Gasteiger partial charge >= 0.3 is 0 Å². The summed E-state index contributed by atoms with van der Waals surface area (Å²) in [5, 5.41) is 7.63. The van der Waals surface area contributed by atoms with E-state index >= 15 is 0 Å². The lowest BCUT2D eigenvalue weighted by Crippen LogP contribution is -2.55. The number of nitrogens with two attached hydrogens (primary N) is 4. The number of nitrogens with zero attached hydrogens (tertiary/aromatic N) is 1. The van der Waals surface area contributed by atoms with E-state index in [4.69, 9.17) is 22.9 Å². The van der Waals surface area contributed by atoms with Crippen LogP contribution in [0.2, 0.25) is 0 Å². The van der Waals surface area contributed by atoms with Gasteiger partial charge in [0, 0.05) is 6.54 Å². The highest BCUT2D eigenvalue weighted by molar-refractivity contribution is 5.93. The summed E-state index contributed by atoms with van der Waals surface area (Å²) in [5.74, 6) is -2.25. The maximum absolute atomic E-state index is 12.8. The Kier molecular flexibility index (Phi) is 13.6. The van der Waals surface area contributed by atoms with E-state index in [1.165, 1.54) is 0 Å². The number of aliphatic imine (C=N–C) groups is 1. The number of guanidine groups is 1. The molecule has 0 aliphatic rings. The van der Waals surface area contributed by atoms with E-state index in [9.17, 15) is 19.2 Å². The SMILES string of the molecule is CC[C@H](C)[C@H](N)C(=O)NCC(=O)N[C@@H](CCCN=C(N)N)C(=O)N[C@@H](CC(C)C)C(N)=O. The van der Waals surface area contributed by atoms with Gasteiger partial charge in [0.15, 0.2) is 5.96 Å². The van der Waals surface area contributed by atoms with Crippen LogP contribution in [0.15, 0.2) is 4.99 Å². The second kappa shape index (κ2) is 15.0. The van der Waals surface area contributed by atoms with Gasteiger partial charge in [-0.1, -0.05) is 34.1 Å². The summed E-state index contributed by atoms with van der Waals surface area (Å²) in [5.41, 5.74) is 21.8. The summed E-state index contributed by atoms with van der Waals surface area (Å²) < 4.78 is 0. The first-order valence-electron chi connectivity index (χ1n) is 10.9. The number of nitrogens with one attached hydrogen (secondary N) is 3. The Hall–Kier alpha value is -2.89. The molecule has 0 bridgehead atoms. The molecule has 0 aromatic heterocycles. The van der Waals surface area contributed by atoms with Crippen LogP contribution in [-0.4, -0.2) is 60.8 Å². The van der Waals surface area contributed by atoms with Crippen LogP contribution in [0.4, 0.5) is 0 Å². The van der Waals surface area contributed by atoms with Crippen molar-refractivity contribution in [1.29, 1.82) is 0 Å². The summed E-state index contributed by atoms with van der Waals surface area (Å²) in [4.78, 5) is 52.7. The first-order chi connectivity index (χ1) is 14.9. The highest BCUT2D eigenvalue weighted by Crippen LogP contribution is 2.07. The zero-order valence-electron chi connectivity index (χ0n) is 19.5. The number of hydrogen-bond donors (Lipinski definition) is 7. The van der Waals surface area contributed by atoms with Crippen molar-refractivity contribution in [3.63, 3.8) is 0 Å². The molecule has 184 valence electrons. The maximum atomic E-state index is 12.8. The van der Waals surface area contributed by atoms with Crippen LogP contribution in [0.25, 0.3) is 0 Å². The van der Waals surface area contributed by atoms with E-state index in [1.54, 1.807) is 0 Å². The molecule has 11 N–H and O–H groups in total. The molecule has 12 nitrogen and oxygen atoms in total. The van der Waals surface area contributed by atoms with Crippen molar-refractivity contribution in [2.45, 2.75) is 71.5 Å². The van der Waals surface area contributed by atoms with Gasteiger partial charge in [-0.05, 0) is 31.1 Å². The third-order valence-electron chi connectivity index (χ3n) is 4.95. The molecule has 12 heteroatoms. The van der Waals surface area contributed by atoms with Gasteiger partial charge in [0.2, 0.25) is 23.6 Å². The van der Waals surface area contributed by atoms with Gasteiger partial charge in [-0.2, -0.15) is 0 Å². The van der Waals surface area contributed by atoms with Gasteiger partial charge in [-0.15, -0.1) is 0 Å². The second-order valence-electron chi connectivity index (χ2n) is 8.29. The highest BCUT2D eigenvalue weighted by atomic mass is 16.2. The average molecular weight is 457 g/mol. The molecule has 0 rings (SSSR count). The number of hydrogen-bond acceptors (Lipinski definition) is 6. The topological polar surface area (TPSA) is 221 Å². The van der Waals surface area contributed by atoms with Crippen LogP contribution in [0.1, 0.15) is 53.4 Å². The van der Waals surface area contributed by atoms with E-state index in [1.807, 2.05) is 27.7 Å². The second-order valence-corrected chi connectivity index (χ2v) is 8.29. The lowest BCUT2D eigenvalue weighted by molar-refractivity contribution is -0.132. The first kappa shape index (κ1) is 29.1. The van der Waals surface area contributed by atoms with E-state index in [0.29, 0.717) is 12.8 Å². The summed E-state index contributed by atoms with van der Waals surface area (Å²) in [6, 6.07) is -2.57. The Bertz CT molecular complexity index is 664. The zero-order chi connectivity index (χ0) is 24.8. The Morgan fingerprint density at radius 1 is 0.938 bits per heavy atom. The summed E-state index contributed by atoms with van der Waals surface area (Å²) >= 11 is 0. The zero-order valence-corrected chi connectivity index (χ0v) is 19.5. The van der Waals surface area contributed by atoms with Crippen molar-refractivity contribution in [1.82, 2.24) is 16.0 Å². The average Bonchev–Trinajstić information content (AvgIpc) is 2.71. The van der Waals surface area contributed by atoms with E-state index < -0.39 is 41.8 Å². The fourth-order valence-electron chi connectivity index (χ4n) is 2.81. The lowest BCUT2D eigenvalue weighted by atomic mass is 9.99. The van der Waals surface area contributed by atoms with Gasteiger partial charge in [0.1, 0.15) is 12.1 Å². The molecule has 0 aliphatic heterocycles. The molecule has 0 aromatic carbocycles. The van der Waals surface area contributed by atoms with E-state index in [0.717, 1.165) is 6.42 Å². The molecule has 0 fully saturated rings. The maximum Gasteiger partial charge on any atom is 0.243 e. The predicted octanol–water partition coefficient (Wildman–Crippen LogP) is -1.97.